The zero-order valence-electron chi connectivity index (χ0n) is 14.1. The summed E-state index contributed by atoms with van der Waals surface area (Å²) in [6, 6.07) is 0. The molecule has 0 amide bonds. The van der Waals surface area contributed by atoms with Gasteiger partial charge in [0.25, 0.3) is 0 Å². The smallest absolute Gasteiger partial charge is 0.0779 e. The van der Waals surface area contributed by atoms with Crippen LogP contribution in [0.3, 0.4) is 0 Å². The first-order valence-electron chi connectivity index (χ1n) is 7.59. The van der Waals surface area contributed by atoms with Gasteiger partial charge >= 0.3 is 0 Å². The van der Waals surface area contributed by atoms with Crippen LogP contribution in [-0.2, 0) is 0 Å². The molecule has 2 heteroatoms. The summed E-state index contributed by atoms with van der Waals surface area (Å²) >= 11 is 5.41. The van der Waals surface area contributed by atoms with Crippen LogP contribution >= 0.6 is 12.2 Å². The van der Waals surface area contributed by atoms with Crippen LogP contribution in [0.2, 0.25) is 0 Å². The van der Waals surface area contributed by atoms with Crippen molar-refractivity contribution in [1.29, 1.82) is 0 Å². The second-order valence-corrected chi connectivity index (χ2v) is 6.04. The Kier molecular flexibility index (Phi) is 11.0. The molecule has 1 heterocycles. The van der Waals surface area contributed by atoms with Crippen LogP contribution in [0.5, 0.6) is 0 Å². The molecule has 2 unspecified atom stereocenters. The van der Waals surface area contributed by atoms with Gasteiger partial charge in [-0.05, 0) is 23.7 Å². The van der Waals surface area contributed by atoms with Crippen LogP contribution < -0.4 is 0 Å². The third-order valence-electron chi connectivity index (χ3n) is 3.76. The number of hydrogen-bond donors (Lipinski definition) is 0. The van der Waals surface area contributed by atoms with Gasteiger partial charge in [-0.15, -0.1) is 0 Å². The Morgan fingerprint density at radius 3 is 2.06 bits per heavy atom. The van der Waals surface area contributed by atoms with E-state index in [1.54, 1.807) is 0 Å². The molecule has 2 atom stereocenters. The molecule has 1 aliphatic heterocycles. The normalized spacial score (nSPS) is 27.8. The number of thiocarbonyl (C=S) groups is 1. The Bertz CT molecular complexity index is 225. The first-order valence-corrected chi connectivity index (χ1v) is 8.00. The van der Waals surface area contributed by atoms with E-state index in [1.807, 2.05) is 27.7 Å². The maximum Gasteiger partial charge on any atom is 0.0779 e. The fraction of sp³-hybridized carbons (Fsp3) is 0.938. The summed E-state index contributed by atoms with van der Waals surface area (Å²) in [5.41, 5.74) is 0.425. The average Bonchev–Trinajstić information content (AvgIpc) is 2.42. The number of likely N-dealkylation sites (tertiary alicyclic amines) is 1. The van der Waals surface area contributed by atoms with Gasteiger partial charge in [-0.2, -0.15) is 0 Å². The molecule has 18 heavy (non-hydrogen) atoms. The highest BCUT2D eigenvalue weighted by Gasteiger charge is 2.35. The SMILES string of the molecule is CC.CC.CC1CC(=S)N(C)CC(C)(C(C)C)C1. The molecule has 0 aliphatic carbocycles. The van der Waals surface area contributed by atoms with Gasteiger partial charge in [0.15, 0.2) is 0 Å². The van der Waals surface area contributed by atoms with Crippen LogP contribution in [0, 0.1) is 17.3 Å². The lowest BCUT2D eigenvalue weighted by Crippen LogP contribution is -2.37. The number of rotatable bonds is 1. The summed E-state index contributed by atoms with van der Waals surface area (Å²) in [6.07, 6.45) is 2.39. The topological polar surface area (TPSA) is 3.24 Å². The molecular weight excluding hydrogens is 238 g/mol. The Hall–Kier alpha value is -0.110. The molecule has 1 aliphatic rings. The summed E-state index contributed by atoms with van der Waals surface area (Å²) in [7, 11) is 2.14. The van der Waals surface area contributed by atoms with E-state index in [0.717, 1.165) is 29.8 Å². The van der Waals surface area contributed by atoms with Gasteiger partial charge < -0.3 is 4.90 Å². The summed E-state index contributed by atoms with van der Waals surface area (Å²) in [5, 5.41) is 0. The minimum absolute atomic E-state index is 0.425. The van der Waals surface area contributed by atoms with Crippen molar-refractivity contribution < 1.29 is 0 Å². The van der Waals surface area contributed by atoms with Crippen molar-refractivity contribution in [2.45, 2.75) is 68.2 Å². The van der Waals surface area contributed by atoms with Crippen molar-refractivity contribution in [3.8, 4) is 0 Å². The van der Waals surface area contributed by atoms with Gasteiger partial charge in [0, 0.05) is 20.0 Å². The predicted octanol–water partition coefficient (Wildman–Crippen LogP) is 5.39. The van der Waals surface area contributed by atoms with E-state index in [9.17, 15) is 0 Å². The van der Waals surface area contributed by atoms with Gasteiger partial charge in [0.1, 0.15) is 0 Å². The van der Waals surface area contributed by atoms with E-state index in [1.165, 1.54) is 6.42 Å². The molecule has 1 saturated heterocycles. The highest BCUT2D eigenvalue weighted by atomic mass is 32.1. The summed E-state index contributed by atoms with van der Waals surface area (Å²) in [4.78, 5) is 3.42. The van der Waals surface area contributed by atoms with Crippen LogP contribution in [0.25, 0.3) is 0 Å². The van der Waals surface area contributed by atoms with Crippen molar-refractivity contribution in [3.05, 3.63) is 0 Å². The van der Waals surface area contributed by atoms with E-state index >= 15 is 0 Å². The van der Waals surface area contributed by atoms with Crippen LogP contribution in [0.4, 0.5) is 0 Å². The molecule has 0 radical (unpaired) electrons. The average molecular weight is 274 g/mol. The predicted molar refractivity (Wildman–Crippen MR) is 89.3 cm³/mol. The van der Waals surface area contributed by atoms with Crippen molar-refractivity contribution in [2.75, 3.05) is 13.6 Å². The highest BCUT2D eigenvalue weighted by Crippen LogP contribution is 2.38. The fourth-order valence-electron chi connectivity index (χ4n) is 2.43. The van der Waals surface area contributed by atoms with Gasteiger partial charge in [-0.3, -0.25) is 0 Å². The van der Waals surface area contributed by atoms with E-state index in [-0.39, 0.29) is 0 Å². The van der Waals surface area contributed by atoms with E-state index in [2.05, 4.69) is 39.6 Å². The third kappa shape index (κ3) is 6.17. The zero-order chi connectivity index (χ0) is 14.9. The first kappa shape index (κ1) is 20.2. The fourth-order valence-corrected chi connectivity index (χ4v) is 2.78. The summed E-state index contributed by atoms with van der Waals surface area (Å²) in [6.45, 7) is 18.5. The molecule has 0 aromatic heterocycles. The molecule has 0 aromatic rings. The molecule has 0 bridgehead atoms. The molecule has 0 saturated carbocycles. The quantitative estimate of drug-likeness (QED) is 0.589. The zero-order valence-corrected chi connectivity index (χ0v) is 14.9. The number of hydrogen-bond acceptors (Lipinski definition) is 1. The molecule has 0 spiro atoms. The second kappa shape index (κ2) is 9.77. The molecule has 110 valence electrons. The largest absolute Gasteiger partial charge is 0.369 e. The van der Waals surface area contributed by atoms with Crippen molar-refractivity contribution in [3.63, 3.8) is 0 Å². The van der Waals surface area contributed by atoms with Gasteiger partial charge in [-0.25, -0.2) is 0 Å². The molecule has 0 N–H and O–H groups in total. The molecule has 0 aromatic carbocycles. The molecular formula is C16H35NS. The Balaban J connectivity index is 0. The second-order valence-electron chi connectivity index (χ2n) is 5.57. The van der Waals surface area contributed by atoms with Gasteiger partial charge in [0.05, 0.1) is 4.99 Å². The monoisotopic (exact) mass is 273 g/mol. The molecule has 1 fully saturated rings. The van der Waals surface area contributed by atoms with Crippen molar-refractivity contribution in [2.24, 2.45) is 17.3 Å². The van der Waals surface area contributed by atoms with E-state index in [0.29, 0.717) is 5.41 Å². The minimum Gasteiger partial charge on any atom is -0.369 e. The van der Waals surface area contributed by atoms with Gasteiger partial charge in [-0.1, -0.05) is 67.6 Å². The highest BCUT2D eigenvalue weighted by molar-refractivity contribution is 7.80. The van der Waals surface area contributed by atoms with Crippen LogP contribution in [0.15, 0.2) is 0 Å². The maximum absolute atomic E-state index is 5.41. The van der Waals surface area contributed by atoms with E-state index in [4.69, 9.17) is 12.2 Å². The Morgan fingerprint density at radius 1 is 1.22 bits per heavy atom. The minimum atomic E-state index is 0.425. The lowest BCUT2D eigenvalue weighted by molar-refractivity contribution is 0.149. The van der Waals surface area contributed by atoms with Gasteiger partial charge in [0.2, 0.25) is 0 Å². The lowest BCUT2D eigenvalue weighted by Gasteiger charge is -2.36. The molecule has 1 rings (SSSR count). The van der Waals surface area contributed by atoms with Crippen LogP contribution in [0.1, 0.15) is 68.2 Å². The van der Waals surface area contributed by atoms with Crippen molar-refractivity contribution in [1.82, 2.24) is 4.90 Å². The maximum atomic E-state index is 5.41. The number of nitrogens with zero attached hydrogens (tertiary/aromatic N) is 1. The van der Waals surface area contributed by atoms with Crippen LogP contribution in [-0.4, -0.2) is 23.5 Å². The lowest BCUT2D eigenvalue weighted by atomic mass is 9.73. The van der Waals surface area contributed by atoms with E-state index < -0.39 is 0 Å². The standard InChI is InChI=1S/C12H23NS.2C2H6/c1-9(2)12(4)7-10(3)6-11(14)13(5)8-12;2*1-2/h9-10H,6-8H2,1-5H3;2*1-2H3. The third-order valence-corrected chi connectivity index (χ3v) is 4.23. The summed E-state index contributed by atoms with van der Waals surface area (Å²) in [5.74, 6) is 1.47. The molecule has 1 nitrogen and oxygen atoms in total. The first-order chi connectivity index (χ1) is 8.35. The Morgan fingerprint density at radius 2 is 1.67 bits per heavy atom. The Labute approximate surface area is 121 Å². The van der Waals surface area contributed by atoms with Crippen molar-refractivity contribution >= 4 is 17.2 Å². The summed E-state index contributed by atoms with van der Waals surface area (Å²) < 4.78 is 0.